The molecule has 0 unspecified atom stereocenters. The van der Waals surface area contributed by atoms with Crippen molar-refractivity contribution in [2.45, 2.75) is 6.42 Å². The molecule has 0 aliphatic rings. The van der Waals surface area contributed by atoms with Crippen molar-refractivity contribution in [1.29, 1.82) is 0 Å². The molecular formula is C12H16FN3O3. The van der Waals surface area contributed by atoms with Gasteiger partial charge >= 0.3 is 12.0 Å². The summed E-state index contributed by atoms with van der Waals surface area (Å²) in [4.78, 5) is 22.4. The molecule has 0 heterocycles. The number of rotatable bonds is 6. The lowest BCUT2D eigenvalue weighted by molar-refractivity contribution is 0.0697. The first kappa shape index (κ1) is 14.9. The van der Waals surface area contributed by atoms with Crippen LogP contribution in [0.15, 0.2) is 18.2 Å². The third-order valence-electron chi connectivity index (χ3n) is 2.35. The predicted molar refractivity (Wildman–Crippen MR) is 68.9 cm³/mol. The fraction of sp³-hybridized carbons (Fsp3) is 0.333. The highest BCUT2D eigenvalue weighted by molar-refractivity contribution is 5.99. The second-order valence-electron chi connectivity index (χ2n) is 3.83. The number of benzene rings is 1. The summed E-state index contributed by atoms with van der Waals surface area (Å²) in [5, 5.41) is 16.8. The summed E-state index contributed by atoms with van der Waals surface area (Å²) in [5.41, 5.74) is -0.231. The highest BCUT2D eigenvalue weighted by atomic mass is 19.1. The van der Waals surface area contributed by atoms with Gasteiger partial charge in [-0.25, -0.2) is 14.0 Å². The van der Waals surface area contributed by atoms with Crippen molar-refractivity contribution in [3.8, 4) is 0 Å². The zero-order chi connectivity index (χ0) is 14.3. The number of carbonyl (C=O) groups excluding carboxylic acids is 1. The highest BCUT2D eigenvalue weighted by Crippen LogP contribution is 2.16. The van der Waals surface area contributed by atoms with Crippen molar-refractivity contribution < 1.29 is 19.1 Å². The lowest BCUT2D eigenvalue weighted by Crippen LogP contribution is -2.31. The first-order valence-corrected chi connectivity index (χ1v) is 5.77. The molecule has 1 rings (SSSR count). The third-order valence-corrected chi connectivity index (χ3v) is 2.35. The Labute approximate surface area is 110 Å². The fourth-order valence-corrected chi connectivity index (χ4v) is 1.44. The number of amides is 2. The molecule has 0 saturated heterocycles. The van der Waals surface area contributed by atoms with Crippen LogP contribution in [0.4, 0.5) is 14.9 Å². The number of anilines is 1. The smallest absolute Gasteiger partial charge is 0.337 e. The first-order chi connectivity index (χ1) is 9.04. The van der Waals surface area contributed by atoms with Crippen molar-refractivity contribution in [3.63, 3.8) is 0 Å². The number of carbonyl (C=O) groups is 2. The van der Waals surface area contributed by atoms with E-state index >= 15 is 0 Å². The molecule has 4 N–H and O–H groups in total. The average Bonchev–Trinajstić information content (AvgIpc) is 2.36. The lowest BCUT2D eigenvalue weighted by Gasteiger charge is -2.09. The van der Waals surface area contributed by atoms with Crippen LogP contribution < -0.4 is 16.0 Å². The van der Waals surface area contributed by atoms with Gasteiger partial charge in [-0.05, 0) is 38.2 Å². The number of nitrogens with one attached hydrogen (secondary N) is 3. The highest BCUT2D eigenvalue weighted by Gasteiger charge is 2.13. The van der Waals surface area contributed by atoms with E-state index in [0.29, 0.717) is 6.54 Å². The van der Waals surface area contributed by atoms with Crippen LogP contribution in [0.25, 0.3) is 0 Å². The van der Waals surface area contributed by atoms with E-state index in [1.165, 1.54) is 6.07 Å². The summed E-state index contributed by atoms with van der Waals surface area (Å²) in [6.07, 6.45) is 0.749. The standard InChI is InChI=1S/C12H16FN3O3/c1-14-5-2-6-15-12(19)16-10-4-3-8(13)7-9(10)11(17)18/h3-4,7,14H,2,5-6H2,1H3,(H,17,18)(H2,15,16,19). The van der Waals surface area contributed by atoms with E-state index in [4.69, 9.17) is 5.11 Å². The van der Waals surface area contributed by atoms with Gasteiger partial charge in [-0.3, -0.25) is 0 Å². The molecule has 104 valence electrons. The Hall–Kier alpha value is -2.15. The number of halogens is 1. The molecular weight excluding hydrogens is 253 g/mol. The summed E-state index contributed by atoms with van der Waals surface area (Å²) in [6, 6.07) is 2.64. The van der Waals surface area contributed by atoms with Gasteiger partial charge in [0.15, 0.2) is 0 Å². The number of aromatic carboxylic acids is 1. The topological polar surface area (TPSA) is 90.5 Å². The van der Waals surface area contributed by atoms with E-state index in [1.807, 2.05) is 0 Å². The number of hydrogen-bond donors (Lipinski definition) is 4. The van der Waals surface area contributed by atoms with E-state index in [1.54, 1.807) is 7.05 Å². The lowest BCUT2D eigenvalue weighted by atomic mass is 10.2. The van der Waals surface area contributed by atoms with Crippen molar-refractivity contribution in [1.82, 2.24) is 10.6 Å². The van der Waals surface area contributed by atoms with Gasteiger partial charge in [-0.15, -0.1) is 0 Å². The van der Waals surface area contributed by atoms with Crippen molar-refractivity contribution in [3.05, 3.63) is 29.6 Å². The summed E-state index contributed by atoms with van der Waals surface area (Å²) in [7, 11) is 1.80. The monoisotopic (exact) mass is 269 g/mol. The molecule has 0 atom stereocenters. The molecule has 1 aromatic rings. The van der Waals surface area contributed by atoms with Gasteiger partial charge in [0.25, 0.3) is 0 Å². The van der Waals surface area contributed by atoms with Crippen LogP contribution in [0.3, 0.4) is 0 Å². The van der Waals surface area contributed by atoms with Gasteiger partial charge in [-0.1, -0.05) is 0 Å². The summed E-state index contributed by atoms with van der Waals surface area (Å²) in [5.74, 6) is -1.97. The molecule has 0 spiro atoms. The van der Waals surface area contributed by atoms with Crippen LogP contribution >= 0.6 is 0 Å². The minimum absolute atomic E-state index is 0.0556. The number of carboxylic acid groups (broad SMARTS) is 1. The summed E-state index contributed by atoms with van der Waals surface area (Å²) in [6.45, 7) is 1.22. The van der Waals surface area contributed by atoms with Gasteiger partial charge in [0, 0.05) is 6.54 Å². The molecule has 2 amide bonds. The molecule has 0 radical (unpaired) electrons. The minimum Gasteiger partial charge on any atom is -0.478 e. The Morgan fingerprint density at radius 1 is 1.32 bits per heavy atom. The minimum atomic E-state index is -1.30. The van der Waals surface area contributed by atoms with Crippen molar-refractivity contribution in [2.75, 3.05) is 25.5 Å². The van der Waals surface area contributed by atoms with Crippen LogP contribution in [0.1, 0.15) is 16.8 Å². The van der Waals surface area contributed by atoms with Gasteiger partial charge in [0.05, 0.1) is 11.3 Å². The number of hydrogen-bond acceptors (Lipinski definition) is 3. The Bertz CT molecular complexity index is 466. The maximum atomic E-state index is 12.9. The number of carboxylic acids is 1. The largest absolute Gasteiger partial charge is 0.478 e. The van der Waals surface area contributed by atoms with Gasteiger partial charge < -0.3 is 21.1 Å². The van der Waals surface area contributed by atoms with Crippen LogP contribution in [0.2, 0.25) is 0 Å². The molecule has 0 saturated carbocycles. The molecule has 0 aromatic heterocycles. The molecule has 0 aliphatic heterocycles. The second-order valence-corrected chi connectivity index (χ2v) is 3.83. The van der Waals surface area contributed by atoms with Crippen LogP contribution in [-0.4, -0.2) is 37.2 Å². The van der Waals surface area contributed by atoms with E-state index in [0.717, 1.165) is 25.1 Å². The van der Waals surface area contributed by atoms with E-state index in [9.17, 15) is 14.0 Å². The molecule has 0 fully saturated rings. The van der Waals surface area contributed by atoms with Crippen LogP contribution in [0, 0.1) is 5.82 Å². The fourth-order valence-electron chi connectivity index (χ4n) is 1.44. The Morgan fingerprint density at radius 2 is 2.05 bits per heavy atom. The van der Waals surface area contributed by atoms with E-state index in [-0.39, 0.29) is 11.3 Å². The molecule has 0 aliphatic carbocycles. The van der Waals surface area contributed by atoms with Gasteiger partial charge in [0.2, 0.25) is 0 Å². The zero-order valence-electron chi connectivity index (χ0n) is 10.5. The number of urea groups is 1. The van der Waals surface area contributed by atoms with Gasteiger partial charge in [0.1, 0.15) is 5.82 Å². The Kier molecular flexibility index (Phi) is 5.74. The molecule has 7 heteroatoms. The normalized spacial score (nSPS) is 10.0. The summed E-state index contributed by atoms with van der Waals surface area (Å²) < 4.78 is 12.9. The van der Waals surface area contributed by atoms with E-state index < -0.39 is 17.8 Å². The molecule has 0 bridgehead atoms. The molecule has 1 aromatic carbocycles. The van der Waals surface area contributed by atoms with Crippen LogP contribution in [0.5, 0.6) is 0 Å². The van der Waals surface area contributed by atoms with Crippen LogP contribution in [-0.2, 0) is 0 Å². The van der Waals surface area contributed by atoms with Crippen molar-refractivity contribution in [2.24, 2.45) is 0 Å². The SMILES string of the molecule is CNCCCNC(=O)Nc1ccc(F)cc1C(=O)O. The Morgan fingerprint density at radius 3 is 2.68 bits per heavy atom. The Balaban J connectivity index is 2.61. The third kappa shape index (κ3) is 4.92. The molecule has 19 heavy (non-hydrogen) atoms. The second kappa shape index (κ2) is 7.32. The van der Waals surface area contributed by atoms with E-state index in [2.05, 4.69) is 16.0 Å². The first-order valence-electron chi connectivity index (χ1n) is 5.77. The quantitative estimate of drug-likeness (QED) is 0.585. The summed E-state index contributed by atoms with van der Waals surface area (Å²) >= 11 is 0. The maximum Gasteiger partial charge on any atom is 0.337 e. The molecule has 6 nitrogen and oxygen atoms in total. The average molecular weight is 269 g/mol. The van der Waals surface area contributed by atoms with Gasteiger partial charge in [-0.2, -0.15) is 0 Å². The predicted octanol–water partition coefficient (Wildman–Crippen LogP) is 1.25. The maximum absolute atomic E-state index is 12.9. The zero-order valence-corrected chi connectivity index (χ0v) is 10.5. The van der Waals surface area contributed by atoms with Crippen molar-refractivity contribution >= 4 is 17.7 Å².